The van der Waals surface area contributed by atoms with E-state index >= 15 is 0 Å². The number of nitrogens with zero attached hydrogens (tertiary/aromatic N) is 1. The molecule has 0 saturated carbocycles. The highest BCUT2D eigenvalue weighted by Crippen LogP contribution is 2.44. The second-order valence-corrected chi connectivity index (χ2v) is 9.72. The van der Waals surface area contributed by atoms with Gasteiger partial charge in [0.05, 0.1) is 5.92 Å². The van der Waals surface area contributed by atoms with Crippen molar-refractivity contribution in [3.8, 4) is 11.1 Å². The van der Waals surface area contributed by atoms with Crippen LogP contribution in [0.3, 0.4) is 0 Å². The average Bonchev–Trinajstić information content (AvgIpc) is 3.10. The molecule has 2 aromatic rings. The number of hydrogen-bond acceptors (Lipinski definition) is 5. The molecule has 2 atom stereocenters. The monoisotopic (exact) mass is 466 g/mol. The summed E-state index contributed by atoms with van der Waals surface area (Å²) >= 11 is 0. The first kappa shape index (κ1) is 23.6. The number of benzene rings is 2. The van der Waals surface area contributed by atoms with Crippen molar-refractivity contribution in [3.63, 3.8) is 0 Å². The number of piperidine rings is 1. The maximum Gasteiger partial charge on any atom is 0.411 e. The molecule has 180 valence electrons. The van der Waals surface area contributed by atoms with E-state index in [4.69, 9.17) is 9.47 Å². The van der Waals surface area contributed by atoms with Gasteiger partial charge in [-0.15, -0.1) is 0 Å². The summed E-state index contributed by atoms with van der Waals surface area (Å²) in [7, 11) is 0. The molecule has 1 aliphatic heterocycles. The Morgan fingerprint density at radius 2 is 1.62 bits per heavy atom. The second-order valence-electron chi connectivity index (χ2n) is 9.72. The molecule has 0 unspecified atom stereocenters. The van der Waals surface area contributed by atoms with E-state index in [1.807, 2.05) is 36.4 Å². The first-order valence-corrected chi connectivity index (χ1v) is 11.5. The van der Waals surface area contributed by atoms with Crippen molar-refractivity contribution in [2.75, 3.05) is 13.2 Å². The van der Waals surface area contributed by atoms with E-state index in [0.29, 0.717) is 0 Å². The summed E-state index contributed by atoms with van der Waals surface area (Å²) in [4.78, 5) is 38.4. The maximum atomic E-state index is 12.8. The molecule has 34 heavy (non-hydrogen) atoms. The van der Waals surface area contributed by atoms with Gasteiger partial charge in [0.1, 0.15) is 18.4 Å². The lowest BCUT2D eigenvalue weighted by atomic mass is 9.95. The zero-order valence-electron chi connectivity index (χ0n) is 19.6. The number of carbonyl (C=O) groups is 3. The molecule has 4 rings (SSSR count). The quantitative estimate of drug-likeness (QED) is 0.683. The average molecular weight is 467 g/mol. The summed E-state index contributed by atoms with van der Waals surface area (Å²) in [6.45, 7) is 5.55. The number of aliphatic carboxylic acids is 1. The van der Waals surface area contributed by atoms with E-state index in [-0.39, 0.29) is 31.9 Å². The van der Waals surface area contributed by atoms with Crippen molar-refractivity contribution in [2.24, 2.45) is 5.92 Å². The number of alkyl carbamates (subject to hydrolysis) is 1. The van der Waals surface area contributed by atoms with E-state index in [1.54, 1.807) is 20.8 Å². The first-order chi connectivity index (χ1) is 16.1. The lowest BCUT2D eigenvalue weighted by Crippen LogP contribution is -2.56. The Hall–Kier alpha value is -3.55. The molecule has 8 nitrogen and oxygen atoms in total. The van der Waals surface area contributed by atoms with Gasteiger partial charge in [-0.2, -0.15) is 0 Å². The Kier molecular flexibility index (Phi) is 6.50. The van der Waals surface area contributed by atoms with Crippen molar-refractivity contribution in [1.82, 2.24) is 10.2 Å². The molecule has 0 bridgehead atoms. The van der Waals surface area contributed by atoms with Crippen molar-refractivity contribution in [3.05, 3.63) is 59.7 Å². The second kappa shape index (κ2) is 9.37. The predicted molar refractivity (Wildman–Crippen MR) is 125 cm³/mol. The van der Waals surface area contributed by atoms with Crippen LogP contribution in [-0.2, 0) is 14.3 Å². The van der Waals surface area contributed by atoms with Crippen LogP contribution in [0, 0.1) is 5.92 Å². The van der Waals surface area contributed by atoms with Crippen molar-refractivity contribution >= 4 is 18.2 Å². The highest BCUT2D eigenvalue weighted by Gasteiger charge is 2.38. The normalized spacial score (nSPS) is 19.7. The summed E-state index contributed by atoms with van der Waals surface area (Å²) in [5.74, 6) is -1.72. The van der Waals surface area contributed by atoms with Crippen LogP contribution in [0.25, 0.3) is 11.1 Å². The molecular formula is C26H30N2O6. The first-order valence-electron chi connectivity index (χ1n) is 11.5. The van der Waals surface area contributed by atoms with E-state index in [2.05, 4.69) is 17.4 Å². The SMILES string of the molecule is CC(C)(C)OC(=O)N1CC[C@@H](C(=O)O)C[C@@H]1NC(=O)OCC1c2ccccc2-c2ccccc21. The van der Waals surface area contributed by atoms with E-state index in [9.17, 15) is 19.5 Å². The molecule has 0 radical (unpaired) electrons. The Balaban J connectivity index is 1.45. The molecule has 1 heterocycles. The third-order valence-electron chi connectivity index (χ3n) is 6.21. The van der Waals surface area contributed by atoms with Gasteiger partial charge in [0, 0.05) is 12.5 Å². The van der Waals surface area contributed by atoms with Crippen molar-refractivity contribution in [1.29, 1.82) is 0 Å². The molecule has 1 aliphatic carbocycles. The molecule has 2 amide bonds. The van der Waals surface area contributed by atoms with Crippen LogP contribution in [0.15, 0.2) is 48.5 Å². The molecule has 2 aliphatic rings. The van der Waals surface area contributed by atoms with Crippen LogP contribution in [0.2, 0.25) is 0 Å². The number of hydrogen-bond donors (Lipinski definition) is 2. The Bertz CT molecular complexity index is 1050. The fourth-order valence-electron chi connectivity index (χ4n) is 4.64. The number of carbonyl (C=O) groups excluding carboxylic acids is 2. The number of carboxylic acid groups (broad SMARTS) is 1. The summed E-state index contributed by atoms with van der Waals surface area (Å²) in [5, 5.41) is 12.1. The molecule has 0 aromatic heterocycles. The summed E-state index contributed by atoms with van der Waals surface area (Å²) in [6.07, 6.45) is -1.76. The summed E-state index contributed by atoms with van der Waals surface area (Å²) in [5.41, 5.74) is 3.72. The van der Waals surface area contributed by atoms with Gasteiger partial charge < -0.3 is 19.9 Å². The van der Waals surface area contributed by atoms with Crippen LogP contribution >= 0.6 is 0 Å². The van der Waals surface area contributed by atoms with Gasteiger partial charge in [-0.05, 0) is 55.9 Å². The number of amides is 2. The minimum absolute atomic E-state index is 0.0821. The minimum atomic E-state index is -0.955. The topological polar surface area (TPSA) is 105 Å². The highest BCUT2D eigenvalue weighted by atomic mass is 16.6. The maximum absolute atomic E-state index is 12.8. The fraction of sp³-hybridized carbons (Fsp3) is 0.423. The number of carboxylic acids is 1. The lowest BCUT2D eigenvalue weighted by molar-refractivity contribution is -0.144. The predicted octanol–water partition coefficient (Wildman–Crippen LogP) is 4.58. The molecule has 2 N–H and O–H groups in total. The van der Waals surface area contributed by atoms with Crippen LogP contribution in [0.4, 0.5) is 9.59 Å². The zero-order chi connectivity index (χ0) is 24.5. The van der Waals surface area contributed by atoms with Crippen LogP contribution in [0.5, 0.6) is 0 Å². The Labute approximate surface area is 198 Å². The summed E-state index contributed by atoms with van der Waals surface area (Å²) < 4.78 is 11.0. The molecule has 2 aromatic carbocycles. The number of rotatable bonds is 4. The van der Waals surface area contributed by atoms with Crippen LogP contribution in [0.1, 0.15) is 50.7 Å². The largest absolute Gasteiger partial charge is 0.481 e. The highest BCUT2D eigenvalue weighted by molar-refractivity contribution is 5.79. The van der Waals surface area contributed by atoms with Crippen molar-refractivity contribution < 1.29 is 29.0 Å². The van der Waals surface area contributed by atoms with Gasteiger partial charge in [-0.3, -0.25) is 9.69 Å². The number of likely N-dealkylation sites (tertiary alicyclic amines) is 1. The number of nitrogens with one attached hydrogen (secondary N) is 1. The number of fused-ring (bicyclic) bond motifs is 3. The van der Waals surface area contributed by atoms with E-state index < -0.39 is 35.8 Å². The smallest absolute Gasteiger partial charge is 0.411 e. The van der Waals surface area contributed by atoms with Gasteiger partial charge in [-0.25, -0.2) is 9.59 Å². The third-order valence-corrected chi connectivity index (χ3v) is 6.21. The van der Waals surface area contributed by atoms with Gasteiger partial charge in [-0.1, -0.05) is 48.5 Å². The molecule has 0 spiro atoms. The van der Waals surface area contributed by atoms with Gasteiger partial charge in [0.15, 0.2) is 0 Å². The summed E-state index contributed by atoms with van der Waals surface area (Å²) in [6, 6.07) is 16.1. The molecular weight excluding hydrogens is 436 g/mol. The molecule has 8 heteroatoms. The lowest BCUT2D eigenvalue weighted by Gasteiger charge is -2.38. The molecule has 1 fully saturated rings. The third kappa shape index (κ3) is 5.00. The number of ether oxygens (including phenoxy) is 2. The Morgan fingerprint density at radius 1 is 1.03 bits per heavy atom. The van der Waals surface area contributed by atoms with Crippen LogP contribution in [-0.4, -0.2) is 53.1 Å². The van der Waals surface area contributed by atoms with E-state index in [1.165, 1.54) is 4.90 Å². The Morgan fingerprint density at radius 3 is 2.18 bits per heavy atom. The van der Waals surface area contributed by atoms with E-state index in [0.717, 1.165) is 22.3 Å². The molecule has 1 saturated heterocycles. The standard InChI is InChI=1S/C26H30N2O6/c1-26(2,3)34-25(32)28-13-12-16(23(29)30)14-22(28)27-24(31)33-15-21-19-10-6-4-8-17(19)18-9-5-7-11-20(18)21/h4-11,16,21-22H,12-15H2,1-3H3,(H,27,31)(H,29,30)/t16-,22-/m1/s1. The van der Waals surface area contributed by atoms with Gasteiger partial charge in [0.25, 0.3) is 0 Å². The fourth-order valence-corrected chi connectivity index (χ4v) is 4.64. The van der Waals surface area contributed by atoms with Gasteiger partial charge >= 0.3 is 18.2 Å². The minimum Gasteiger partial charge on any atom is -0.481 e. The zero-order valence-corrected chi connectivity index (χ0v) is 19.6. The van der Waals surface area contributed by atoms with Crippen molar-refractivity contribution in [2.45, 2.75) is 51.3 Å². The van der Waals surface area contributed by atoms with Gasteiger partial charge in [0.2, 0.25) is 0 Å². The van der Waals surface area contributed by atoms with Crippen LogP contribution < -0.4 is 5.32 Å².